The Morgan fingerprint density at radius 3 is 2.79 bits per heavy atom. The predicted octanol–water partition coefficient (Wildman–Crippen LogP) is 2.70. The van der Waals surface area contributed by atoms with Crippen molar-refractivity contribution in [1.29, 1.82) is 0 Å². The summed E-state index contributed by atoms with van der Waals surface area (Å²) in [6, 6.07) is 3.63. The van der Waals surface area contributed by atoms with Crippen LogP contribution in [0, 0.1) is 5.92 Å². The molecule has 0 unspecified atom stereocenters. The zero-order valence-electron chi connectivity index (χ0n) is 12.3. The standard InChI is InChI=1S/C14H24N4O/c1-5-18(4)10-16-12-6-7-13(17-14(12)15)19-9-8-11(2)3/h6-7,10-11H,5,8-9H2,1-4H3,(H2,15,17). The fraction of sp³-hybridized carbons (Fsp3) is 0.571. The topological polar surface area (TPSA) is 63.7 Å². The third-order valence-electron chi connectivity index (χ3n) is 2.71. The number of hydrogen-bond acceptors (Lipinski definition) is 4. The van der Waals surface area contributed by atoms with E-state index in [-0.39, 0.29) is 0 Å². The van der Waals surface area contributed by atoms with Crippen molar-refractivity contribution in [2.45, 2.75) is 27.2 Å². The van der Waals surface area contributed by atoms with Crippen LogP contribution in [0.25, 0.3) is 0 Å². The Balaban J connectivity index is 2.61. The van der Waals surface area contributed by atoms with Gasteiger partial charge in [-0.05, 0) is 25.3 Å². The number of nitrogen functional groups attached to an aromatic ring is 1. The fourth-order valence-electron chi connectivity index (χ4n) is 1.28. The highest BCUT2D eigenvalue weighted by atomic mass is 16.5. The van der Waals surface area contributed by atoms with Gasteiger partial charge in [-0.15, -0.1) is 0 Å². The number of anilines is 1. The molecule has 0 fully saturated rings. The summed E-state index contributed by atoms with van der Waals surface area (Å²) < 4.78 is 5.55. The first kappa shape index (κ1) is 15.3. The van der Waals surface area contributed by atoms with Gasteiger partial charge >= 0.3 is 0 Å². The van der Waals surface area contributed by atoms with E-state index in [0.29, 0.717) is 29.9 Å². The van der Waals surface area contributed by atoms with Gasteiger partial charge in [-0.2, -0.15) is 4.98 Å². The molecular weight excluding hydrogens is 240 g/mol. The van der Waals surface area contributed by atoms with Gasteiger partial charge in [0.2, 0.25) is 5.88 Å². The molecule has 0 aliphatic rings. The van der Waals surface area contributed by atoms with Crippen molar-refractivity contribution in [3.05, 3.63) is 12.1 Å². The van der Waals surface area contributed by atoms with Gasteiger partial charge in [0, 0.05) is 19.7 Å². The molecule has 1 heterocycles. The minimum atomic E-state index is 0.391. The van der Waals surface area contributed by atoms with Gasteiger partial charge in [0.25, 0.3) is 0 Å². The van der Waals surface area contributed by atoms with Gasteiger partial charge in [0.05, 0.1) is 12.9 Å². The largest absolute Gasteiger partial charge is 0.478 e. The molecule has 0 spiro atoms. The van der Waals surface area contributed by atoms with Crippen molar-refractivity contribution in [3.63, 3.8) is 0 Å². The zero-order chi connectivity index (χ0) is 14.3. The first-order valence-corrected chi connectivity index (χ1v) is 6.66. The number of pyridine rings is 1. The summed E-state index contributed by atoms with van der Waals surface area (Å²) in [6.07, 6.45) is 2.75. The summed E-state index contributed by atoms with van der Waals surface area (Å²) in [5, 5.41) is 0. The summed E-state index contributed by atoms with van der Waals surface area (Å²) in [5.74, 6) is 1.56. The highest BCUT2D eigenvalue weighted by Crippen LogP contribution is 2.22. The molecule has 1 rings (SSSR count). The van der Waals surface area contributed by atoms with E-state index in [1.165, 1.54) is 0 Å². The monoisotopic (exact) mass is 264 g/mol. The second kappa shape index (κ2) is 7.61. The molecule has 1 aromatic heterocycles. The van der Waals surface area contributed by atoms with E-state index in [1.54, 1.807) is 12.4 Å². The smallest absolute Gasteiger partial charge is 0.215 e. The number of nitrogens with zero attached hydrogens (tertiary/aromatic N) is 3. The zero-order valence-corrected chi connectivity index (χ0v) is 12.3. The minimum Gasteiger partial charge on any atom is -0.478 e. The van der Waals surface area contributed by atoms with Crippen molar-refractivity contribution >= 4 is 17.8 Å². The van der Waals surface area contributed by atoms with E-state index in [2.05, 4.69) is 30.7 Å². The number of hydrogen-bond donors (Lipinski definition) is 1. The lowest BCUT2D eigenvalue weighted by atomic mass is 10.1. The average molecular weight is 264 g/mol. The van der Waals surface area contributed by atoms with Crippen molar-refractivity contribution in [1.82, 2.24) is 9.88 Å². The van der Waals surface area contributed by atoms with Crippen molar-refractivity contribution in [3.8, 4) is 5.88 Å². The molecule has 0 amide bonds. The Labute approximate surface area is 115 Å². The summed E-state index contributed by atoms with van der Waals surface area (Å²) in [7, 11) is 1.95. The van der Waals surface area contributed by atoms with E-state index in [0.717, 1.165) is 13.0 Å². The molecule has 2 N–H and O–H groups in total. The Hall–Kier alpha value is -1.78. The summed E-state index contributed by atoms with van der Waals surface area (Å²) in [5.41, 5.74) is 6.52. The molecule has 0 bridgehead atoms. The Kier molecular flexibility index (Phi) is 6.12. The number of ether oxygens (including phenoxy) is 1. The summed E-state index contributed by atoms with van der Waals surface area (Å²) in [4.78, 5) is 10.4. The lowest BCUT2D eigenvalue weighted by Gasteiger charge is -2.10. The predicted molar refractivity (Wildman–Crippen MR) is 80.1 cm³/mol. The molecular formula is C14H24N4O. The van der Waals surface area contributed by atoms with Crippen LogP contribution in [0.3, 0.4) is 0 Å². The average Bonchev–Trinajstić information content (AvgIpc) is 2.37. The fourth-order valence-corrected chi connectivity index (χ4v) is 1.28. The molecule has 0 aliphatic carbocycles. The molecule has 0 aromatic carbocycles. The second-order valence-electron chi connectivity index (χ2n) is 4.90. The number of rotatable bonds is 7. The number of nitrogens with two attached hydrogens (primary N) is 1. The lowest BCUT2D eigenvalue weighted by Crippen LogP contribution is -2.14. The summed E-state index contributed by atoms with van der Waals surface area (Å²) >= 11 is 0. The van der Waals surface area contributed by atoms with E-state index in [4.69, 9.17) is 10.5 Å². The molecule has 5 heteroatoms. The van der Waals surface area contributed by atoms with Gasteiger partial charge in [0.1, 0.15) is 5.69 Å². The van der Waals surface area contributed by atoms with Gasteiger partial charge in [-0.3, -0.25) is 0 Å². The van der Waals surface area contributed by atoms with Gasteiger partial charge < -0.3 is 15.4 Å². The van der Waals surface area contributed by atoms with E-state index in [1.807, 2.05) is 18.0 Å². The van der Waals surface area contributed by atoms with Crippen molar-refractivity contribution in [2.75, 3.05) is 25.9 Å². The van der Waals surface area contributed by atoms with Crippen LogP contribution in [0.5, 0.6) is 5.88 Å². The quantitative estimate of drug-likeness (QED) is 0.607. The van der Waals surface area contributed by atoms with Crippen molar-refractivity contribution in [2.24, 2.45) is 10.9 Å². The maximum Gasteiger partial charge on any atom is 0.215 e. The normalized spacial score (nSPS) is 11.2. The van der Waals surface area contributed by atoms with Gasteiger partial charge in [-0.1, -0.05) is 13.8 Å². The highest BCUT2D eigenvalue weighted by Gasteiger charge is 2.03. The molecule has 0 aliphatic heterocycles. The molecule has 0 saturated carbocycles. The van der Waals surface area contributed by atoms with Crippen LogP contribution in [0.15, 0.2) is 17.1 Å². The maximum atomic E-state index is 5.86. The van der Waals surface area contributed by atoms with Crippen molar-refractivity contribution < 1.29 is 4.74 Å². The maximum absolute atomic E-state index is 5.86. The van der Waals surface area contributed by atoms with Crippen LogP contribution in [-0.2, 0) is 0 Å². The minimum absolute atomic E-state index is 0.391. The third-order valence-corrected chi connectivity index (χ3v) is 2.71. The first-order chi connectivity index (χ1) is 9.02. The highest BCUT2D eigenvalue weighted by molar-refractivity contribution is 5.67. The van der Waals surface area contributed by atoms with Crippen LogP contribution in [0.4, 0.5) is 11.5 Å². The van der Waals surface area contributed by atoms with Crippen LogP contribution in [0.1, 0.15) is 27.2 Å². The van der Waals surface area contributed by atoms with E-state index >= 15 is 0 Å². The van der Waals surface area contributed by atoms with Crippen LogP contribution >= 0.6 is 0 Å². The first-order valence-electron chi connectivity index (χ1n) is 6.66. The molecule has 0 atom stereocenters. The third kappa shape index (κ3) is 5.59. The van der Waals surface area contributed by atoms with E-state index < -0.39 is 0 Å². The molecule has 5 nitrogen and oxygen atoms in total. The lowest BCUT2D eigenvalue weighted by molar-refractivity contribution is 0.280. The number of aliphatic imine (C=N–C) groups is 1. The molecule has 106 valence electrons. The molecule has 0 radical (unpaired) electrons. The van der Waals surface area contributed by atoms with E-state index in [9.17, 15) is 0 Å². The SMILES string of the molecule is CCN(C)C=Nc1ccc(OCCC(C)C)nc1N. The Bertz CT molecular complexity index is 418. The second-order valence-corrected chi connectivity index (χ2v) is 4.90. The van der Waals surface area contributed by atoms with Crippen LogP contribution in [-0.4, -0.2) is 36.4 Å². The molecule has 0 saturated heterocycles. The van der Waals surface area contributed by atoms with Gasteiger partial charge in [-0.25, -0.2) is 4.99 Å². The van der Waals surface area contributed by atoms with Gasteiger partial charge in [0.15, 0.2) is 5.82 Å². The molecule has 19 heavy (non-hydrogen) atoms. The number of aromatic nitrogens is 1. The van der Waals surface area contributed by atoms with Crippen LogP contribution < -0.4 is 10.5 Å². The Morgan fingerprint density at radius 2 is 2.21 bits per heavy atom. The Morgan fingerprint density at radius 1 is 1.47 bits per heavy atom. The molecule has 1 aromatic rings. The summed E-state index contributed by atoms with van der Waals surface area (Å²) in [6.45, 7) is 7.93. The van der Waals surface area contributed by atoms with Crippen LogP contribution in [0.2, 0.25) is 0 Å².